The van der Waals surface area contributed by atoms with E-state index < -0.39 is 17.0 Å². The highest BCUT2D eigenvalue weighted by Gasteiger charge is 2.21. The molecule has 0 N–H and O–H groups in total. The average Bonchev–Trinajstić information content (AvgIpc) is 2.59. The molecule has 0 bridgehead atoms. The minimum atomic E-state index is -0.767. The van der Waals surface area contributed by atoms with Crippen molar-refractivity contribution in [1.29, 1.82) is 0 Å². The van der Waals surface area contributed by atoms with Gasteiger partial charge >= 0.3 is 12.1 Å². The first-order valence-corrected chi connectivity index (χ1v) is 7.62. The topological polar surface area (TPSA) is 112 Å². The van der Waals surface area contributed by atoms with E-state index in [1.807, 2.05) is 0 Å². The van der Waals surface area contributed by atoms with Gasteiger partial charge in [0.05, 0.1) is 16.9 Å². The van der Waals surface area contributed by atoms with Gasteiger partial charge in [-0.25, -0.2) is 4.79 Å². The Kier molecular flexibility index (Phi) is 5.83. The average molecular weight is 347 g/mol. The Morgan fingerprint density at radius 3 is 2.68 bits per heavy atom. The number of non-ortho nitro benzene ring substituents is 1. The van der Waals surface area contributed by atoms with Crippen molar-refractivity contribution >= 4 is 28.7 Å². The molecule has 0 saturated heterocycles. The molecule has 25 heavy (non-hydrogen) atoms. The maximum absolute atomic E-state index is 12.3. The van der Waals surface area contributed by atoms with Crippen molar-refractivity contribution in [3.63, 3.8) is 0 Å². The van der Waals surface area contributed by atoms with Crippen molar-refractivity contribution in [2.24, 2.45) is 0 Å². The second kappa shape index (κ2) is 8.04. The number of esters is 1. The number of hydrogen-bond donors (Lipinski definition) is 0. The highest BCUT2D eigenvalue weighted by atomic mass is 16.6. The molecule has 0 saturated carbocycles. The second-order valence-corrected chi connectivity index (χ2v) is 4.93. The van der Waals surface area contributed by atoms with Crippen molar-refractivity contribution in [2.75, 3.05) is 19.7 Å². The molecule has 9 heteroatoms. The van der Waals surface area contributed by atoms with Gasteiger partial charge in [-0.1, -0.05) is 0 Å². The Morgan fingerprint density at radius 1 is 1.28 bits per heavy atom. The van der Waals surface area contributed by atoms with Crippen LogP contribution in [0, 0.1) is 10.1 Å². The number of aromatic nitrogens is 1. The third-order valence-corrected chi connectivity index (χ3v) is 3.37. The number of rotatable bonds is 6. The van der Waals surface area contributed by atoms with Crippen LogP contribution >= 0.6 is 0 Å². The van der Waals surface area contributed by atoms with Gasteiger partial charge in [0, 0.05) is 18.8 Å². The highest BCUT2D eigenvalue weighted by Crippen LogP contribution is 2.31. The van der Waals surface area contributed by atoms with E-state index in [9.17, 15) is 19.7 Å². The summed E-state index contributed by atoms with van der Waals surface area (Å²) in [4.78, 5) is 39.6. The molecule has 0 aliphatic carbocycles. The van der Waals surface area contributed by atoms with Gasteiger partial charge in [0.25, 0.3) is 5.69 Å². The lowest BCUT2D eigenvalue weighted by Crippen LogP contribution is -2.38. The van der Waals surface area contributed by atoms with Crippen molar-refractivity contribution in [3.05, 3.63) is 40.6 Å². The summed E-state index contributed by atoms with van der Waals surface area (Å²) in [5.41, 5.74) is 0.0546. The molecule has 0 spiro atoms. The van der Waals surface area contributed by atoms with Crippen LogP contribution in [0.5, 0.6) is 5.75 Å². The van der Waals surface area contributed by atoms with E-state index in [1.54, 1.807) is 19.9 Å². The minimum absolute atomic E-state index is 0.0773. The SMILES string of the molecule is CCOC(=O)CN(CC)C(=O)Oc1ccc([N+](=O)[O-])c2cccnc12. The Labute approximate surface area is 143 Å². The number of amides is 1. The van der Waals surface area contributed by atoms with Crippen LogP contribution in [-0.4, -0.2) is 46.6 Å². The standard InChI is InChI=1S/C16H17N3O6/c1-3-18(10-14(20)24-4-2)16(21)25-13-8-7-12(19(22)23)11-6-5-9-17-15(11)13/h5-9H,3-4,10H2,1-2H3. The number of nitro groups is 1. The van der Waals surface area contributed by atoms with E-state index in [0.717, 1.165) is 4.90 Å². The van der Waals surface area contributed by atoms with Gasteiger partial charge in [0.2, 0.25) is 0 Å². The summed E-state index contributed by atoms with van der Waals surface area (Å²) in [7, 11) is 0. The summed E-state index contributed by atoms with van der Waals surface area (Å²) in [5, 5.41) is 11.4. The number of pyridine rings is 1. The van der Waals surface area contributed by atoms with Gasteiger partial charge in [-0.3, -0.25) is 24.8 Å². The highest BCUT2D eigenvalue weighted by molar-refractivity contribution is 5.93. The van der Waals surface area contributed by atoms with Crippen molar-refractivity contribution in [3.8, 4) is 5.75 Å². The van der Waals surface area contributed by atoms with Crippen LogP contribution in [0.3, 0.4) is 0 Å². The lowest BCUT2D eigenvalue weighted by Gasteiger charge is -2.19. The predicted octanol–water partition coefficient (Wildman–Crippen LogP) is 2.53. The molecule has 0 aliphatic heterocycles. The summed E-state index contributed by atoms with van der Waals surface area (Å²) >= 11 is 0. The quantitative estimate of drug-likeness (QED) is 0.448. The van der Waals surface area contributed by atoms with Gasteiger partial charge in [0.15, 0.2) is 5.75 Å². The zero-order valence-electron chi connectivity index (χ0n) is 13.8. The molecular weight excluding hydrogens is 330 g/mol. The van der Waals surface area contributed by atoms with Gasteiger partial charge < -0.3 is 9.47 Å². The van der Waals surface area contributed by atoms with Crippen LogP contribution in [0.4, 0.5) is 10.5 Å². The Morgan fingerprint density at radius 2 is 2.04 bits per heavy atom. The first kappa shape index (κ1) is 18.1. The predicted molar refractivity (Wildman–Crippen MR) is 88.3 cm³/mol. The van der Waals surface area contributed by atoms with E-state index >= 15 is 0 Å². The zero-order valence-corrected chi connectivity index (χ0v) is 13.8. The van der Waals surface area contributed by atoms with Crippen LogP contribution in [0.1, 0.15) is 13.8 Å². The summed E-state index contributed by atoms with van der Waals surface area (Å²) in [6, 6.07) is 5.63. The molecule has 1 aromatic heterocycles. The van der Waals surface area contributed by atoms with E-state index in [4.69, 9.17) is 9.47 Å². The summed E-state index contributed by atoms with van der Waals surface area (Å²) in [6.07, 6.45) is 0.677. The number of ether oxygens (including phenoxy) is 2. The first-order valence-electron chi connectivity index (χ1n) is 7.62. The Hall–Kier alpha value is -3.23. The lowest BCUT2D eigenvalue weighted by atomic mass is 10.1. The molecule has 2 aromatic rings. The summed E-state index contributed by atoms with van der Waals surface area (Å²) in [5.74, 6) is -0.471. The Balaban J connectivity index is 2.27. The number of fused-ring (bicyclic) bond motifs is 1. The van der Waals surface area contributed by atoms with E-state index in [0.29, 0.717) is 0 Å². The third kappa shape index (κ3) is 4.19. The fraction of sp³-hybridized carbons (Fsp3) is 0.312. The number of benzene rings is 1. The lowest BCUT2D eigenvalue weighted by molar-refractivity contribution is -0.383. The maximum atomic E-state index is 12.3. The first-order chi connectivity index (χ1) is 12.0. The molecule has 0 fully saturated rings. The van der Waals surface area contributed by atoms with Gasteiger partial charge in [-0.05, 0) is 32.0 Å². The molecular formula is C16H17N3O6. The third-order valence-electron chi connectivity index (χ3n) is 3.37. The summed E-state index contributed by atoms with van der Waals surface area (Å²) < 4.78 is 10.1. The number of hydrogen-bond acceptors (Lipinski definition) is 7. The van der Waals surface area contributed by atoms with Crippen LogP contribution in [0.15, 0.2) is 30.5 Å². The fourth-order valence-corrected chi connectivity index (χ4v) is 2.20. The zero-order chi connectivity index (χ0) is 18.4. The Bertz CT molecular complexity index is 808. The molecule has 1 aromatic carbocycles. The monoisotopic (exact) mass is 347 g/mol. The van der Waals surface area contributed by atoms with E-state index in [-0.39, 0.29) is 42.0 Å². The van der Waals surface area contributed by atoms with Crippen molar-refractivity contribution < 1.29 is 24.0 Å². The molecule has 132 valence electrons. The maximum Gasteiger partial charge on any atom is 0.415 e. The normalized spacial score (nSPS) is 10.3. The van der Waals surface area contributed by atoms with Gasteiger partial charge in [-0.2, -0.15) is 0 Å². The number of likely N-dealkylation sites (N-methyl/N-ethyl adjacent to an activating group) is 1. The van der Waals surface area contributed by atoms with Crippen molar-refractivity contribution in [1.82, 2.24) is 9.88 Å². The molecule has 9 nitrogen and oxygen atoms in total. The molecule has 1 heterocycles. The molecule has 0 aliphatic rings. The number of carbonyl (C=O) groups excluding carboxylic acids is 2. The number of nitro benzene ring substituents is 1. The second-order valence-electron chi connectivity index (χ2n) is 4.93. The van der Waals surface area contributed by atoms with E-state index in [1.165, 1.54) is 24.4 Å². The van der Waals surface area contributed by atoms with Crippen molar-refractivity contribution in [2.45, 2.75) is 13.8 Å². The fourth-order valence-electron chi connectivity index (χ4n) is 2.20. The van der Waals surface area contributed by atoms with Crippen LogP contribution in [0.2, 0.25) is 0 Å². The molecule has 0 atom stereocenters. The minimum Gasteiger partial charge on any atom is -0.465 e. The van der Waals surface area contributed by atoms with Gasteiger partial charge in [-0.15, -0.1) is 0 Å². The number of nitrogens with zero attached hydrogens (tertiary/aromatic N) is 3. The smallest absolute Gasteiger partial charge is 0.415 e. The molecule has 0 radical (unpaired) electrons. The van der Waals surface area contributed by atoms with Crippen LogP contribution in [-0.2, 0) is 9.53 Å². The van der Waals surface area contributed by atoms with E-state index in [2.05, 4.69) is 4.98 Å². The van der Waals surface area contributed by atoms with Gasteiger partial charge in [0.1, 0.15) is 12.1 Å². The molecule has 1 amide bonds. The largest absolute Gasteiger partial charge is 0.465 e. The molecule has 0 unspecified atom stereocenters. The molecule has 2 rings (SSSR count). The van der Waals surface area contributed by atoms with Crippen LogP contribution < -0.4 is 4.74 Å². The van der Waals surface area contributed by atoms with Crippen LogP contribution in [0.25, 0.3) is 10.9 Å². The summed E-state index contributed by atoms with van der Waals surface area (Å²) in [6.45, 7) is 3.55. The number of carbonyl (C=O) groups is 2.